The van der Waals surface area contributed by atoms with Crippen molar-refractivity contribution in [1.29, 1.82) is 5.26 Å². The average Bonchev–Trinajstić information content (AvgIpc) is 3.42. The van der Waals surface area contributed by atoms with Crippen molar-refractivity contribution in [2.75, 3.05) is 10.0 Å². The SMILES string of the molecule is Cc1cc(-c2ccoc2)c(Nc2ccc(SNc3nccs3)cc2C#N)cn1. The van der Waals surface area contributed by atoms with Crippen molar-refractivity contribution in [2.24, 2.45) is 0 Å². The number of rotatable bonds is 6. The minimum absolute atomic E-state index is 0.546. The zero-order valence-electron chi connectivity index (χ0n) is 14.8. The maximum atomic E-state index is 9.61. The number of nitrogens with zero attached hydrogens (tertiary/aromatic N) is 3. The van der Waals surface area contributed by atoms with Crippen LogP contribution in [0.15, 0.2) is 69.9 Å². The first kappa shape index (κ1) is 18.1. The molecule has 0 aliphatic carbocycles. The van der Waals surface area contributed by atoms with Gasteiger partial charge in [0.05, 0.1) is 35.7 Å². The smallest absolute Gasteiger partial charge is 0.192 e. The minimum atomic E-state index is 0.546. The fourth-order valence-corrected chi connectivity index (χ4v) is 3.89. The van der Waals surface area contributed by atoms with Gasteiger partial charge in [0.2, 0.25) is 0 Å². The van der Waals surface area contributed by atoms with Gasteiger partial charge in [-0.1, -0.05) is 0 Å². The summed E-state index contributed by atoms with van der Waals surface area (Å²) in [5.74, 6) is 0. The number of nitrogens with one attached hydrogen (secondary N) is 2. The Morgan fingerprint density at radius 1 is 1.18 bits per heavy atom. The third-order valence-electron chi connectivity index (χ3n) is 3.94. The van der Waals surface area contributed by atoms with E-state index in [2.05, 4.69) is 26.1 Å². The summed E-state index contributed by atoms with van der Waals surface area (Å²) in [6.07, 6.45) is 6.84. The number of benzene rings is 1. The Bertz CT molecular complexity index is 1120. The van der Waals surface area contributed by atoms with Crippen LogP contribution < -0.4 is 10.0 Å². The summed E-state index contributed by atoms with van der Waals surface area (Å²) >= 11 is 2.94. The van der Waals surface area contributed by atoms with Crippen molar-refractivity contribution >= 4 is 39.8 Å². The van der Waals surface area contributed by atoms with Gasteiger partial charge in [0.25, 0.3) is 0 Å². The molecule has 0 amide bonds. The number of aromatic nitrogens is 2. The lowest BCUT2D eigenvalue weighted by molar-refractivity contribution is 0.568. The maximum Gasteiger partial charge on any atom is 0.192 e. The molecule has 138 valence electrons. The third-order valence-corrected chi connectivity index (χ3v) is 5.54. The van der Waals surface area contributed by atoms with Gasteiger partial charge in [-0.05, 0) is 49.2 Å². The van der Waals surface area contributed by atoms with E-state index in [4.69, 9.17) is 4.42 Å². The summed E-state index contributed by atoms with van der Waals surface area (Å²) < 4.78 is 8.39. The molecule has 2 N–H and O–H groups in total. The van der Waals surface area contributed by atoms with E-state index in [1.165, 1.54) is 23.3 Å². The van der Waals surface area contributed by atoms with Crippen molar-refractivity contribution in [2.45, 2.75) is 11.8 Å². The number of nitriles is 1. The fraction of sp³-hybridized carbons (Fsp3) is 0.0500. The van der Waals surface area contributed by atoms with Crippen LogP contribution in [0.25, 0.3) is 11.1 Å². The van der Waals surface area contributed by atoms with E-state index in [0.29, 0.717) is 5.56 Å². The standard InChI is InChI=1S/C20H15N5OS2/c1-13-8-17(14-4-6-26-12-14)19(11-23-13)24-18-3-2-16(9-15(18)10-21)28-25-20-22-5-7-27-20/h2-9,11-12,24H,1H3,(H,22,25). The molecule has 4 aromatic rings. The molecule has 6 nitrogen and oxygen atoms in total. The van der Waals surface area contributed by atoms with Crippen LogP contribution in [0.1, 0.15) is 11.3 Å². The third kappa shape index (κ3) is 4.01. The van der Waals surface area contributed by atoms with Crippen LogP contribution in [-0.4, -0.2) is 9.97 Å². The van der Waals surface area contributed by atoms with E-state index in [-0.39, 0.29) is 0 Å². The molecule has 0 atom stereocenters. The second kappa shape index (κ2) is 8.17. The number of pyridine rings is 1. The highest BCUT2D eigenvalue weighted by atomic mass is 32.2. The monoisotopic (exact) mass is 405 g/mol. The number of thiazole rings is 1. The maximum absolute atomic E-state index is 9.61. The van der Waals surface area contributed by atoms with Crippen LogP contribution in [0.5, 0.6) is 0 Å². The van der Waals surface area contributed by atoms with Crippen LogP contribution >= 0.6 is 23.3 Å². The Morgan fingerprint density at radius 3 is 2.86 bits per heavy atom. The Hall–Kier alpha value is -3.28. The lowest BCUT2D eigenvalue weighted by Gasteiger charge is -2.13. The quantitative estimate of drug-likeness (QED) is 0.390. The highest BCUT2D eigenvalue weighted by Crippen LogP contribution is 2.33. The normalized spacial score (nSPS) is 10.4. The zero-order chi connectivity index (χ0) is 19.3. The summed E-state index contributed by atoms with van der Waals surface area (Å²) in [6, 6.07) is 11.8. The largest absolute Gasteiger partial charge is 0.472 e. The Morgan fingerprint density at radius 2 is 2.11 bits per heavy atom. The molecular weight excluding hydrogens is 390 g/mol. The van der Waals surface area contributed by atoms with E-state index >= 15 is 0 Å². The average molecular weight is 406 g/mol. The number of hydrogen-bond donors (Lipinski definition) is 2. The summed E-state index contributed by atoms with van der Waals surface area (Å²) in [5.41, 5.74) is 4.90. The summed E-state index contributed by atoms with van der Waals surface area (Å²) in [5, 5.41) is 15.7. The molecule has 8 heteroatoms. The van der Waals surface area contributed by atoms with Gasteiger partial charge in [-0.2, -0.15) is 5.26 Å². The second-order valence-corrected chi connectivity index (χ2v) is 7.64. The number of anilines is 3. The van der Waals surface area contributed by atoms with Gasteiger partial charge in [-0.15, -0.1) is 11.3 Å². The van der Waals surface area contributed by atoms with Crippen molar-refractivity contribution < 1.29 is 4.42 Å². The van der Waals surface area contributed by atoms with Crippen molar-refractivity contribution in [1.82, 2.24) is 9.97 Å². The highest BCUT2D eigenvalue weighted by molar-refractivity contribution is 8.00. The highest BCUT2D eigenvalue weighted by Gasteiger charge is 2.11. The molecule has 3 heterocycles. The Kier molecular flexibility index (Phi) is 5.28. The van der Waals surface area contributed by atoms with Crippen LogP contribution in [0, 0.1) is 18.3 Å². The summed E-state index contributed by atoms with van der Waals surface area (Å²) in [7, 11) is 0. The van der Waals surface area contributed by atoms with Crippen LogP contribution in [0.2, 0.25) is 0 Å². The first-order chi connectivity index (χ1) is 13.7. The van der Waals surface area contributed by atoms with Gasteiger partial charge in [0.1, 0.15) is 6.07 Å². The van der Waals surface area contributed by atoms with Gasteiger partial charge in [0, 0.05) is 33.3 Å². The Balaban J connectivity index is 1.59. The van der Waals surface area contributed by atoms with E-state index in [9.17, 15) is 5.26 Å². The number of hydrogen-bond acceptors (Lipinski definition) is 8. The molecule has 0 bridgehead atoms. The number of aryl methyl sites for hydroxylation is 1. The van der Waals surface area contributed by atoms with Gasteiger partial charge in [0.15, 0.2) is 5.13 Å². The lowest BCUT2D eigenvalue weighted by atomic mass is 10.1. The van der Waals surface area contributed by atoms with E-state index < -0.39 is 0 Å². The van der Waals surface area contributed by atoms with Gasteiger partial charge in [-0.3, -0.25) is 4.98 Å². The summed E-state index contributed by atoms with van der Waals surface area (Å²) in [4.78, 5) is 9.49. The predicted octanol–water partition coefficient (Wildman–Crippen LogP) is 5.84. The molecule has 0 aliphatic rings. The molecule has 4 rings (SSSR count). The molecule has 28 heavy (non-hydrogen) atoms. The van der Waals surface area contributed by atoms with Crippen LogP contribution in [0.3, 0.4) is 0 Å². The molecule has 0 fully saturated rings. The lowest BCUT2D eigenvalue weighted by Crippen LogP contribution is -1.98. The first-order valence-corrected chi connectivity index (χ1v) is 10.1. The molecular formula is C20H15N5OS2. The molecule has 0 aliphatic heterocycles. The van der Waals surface area contributed by atoms with Gasteiger partial charge in [-0.25, -0.2) is 4.98 Å². The predicted molar refractivity (Wildman–Crippen MR) is 113 cm³/mol. The summed E-state index contributed by atoms with van der Waals surface area (Å²) in [6.45, 7) is 1.94. The molecule has 0 saturated heterocycles. The van der Waals surface area contributed by atoms with Crippen molar-refractivity contribution in [3.8, 4) is 17.2 Å². The topological polar surface area (TPSA) is 86.8 Å². The second-order valence-electron chi connectivity index (χ2n) is 5.87. The van der Waals surface area contributed by atoms with E-state index in [0.717, 1.165) is 38.2 Å². The van der Waals surface area contributed by atoms with Crippen LogP contribution in [0.4, 0.5) is 16.5 Å². The van der Waals surface area contributed by atoms with E-state index in [1.807, 2.05) is 42.6 Å². The molecule has 0 radical (unpaired) electrons. The molecule has 3 aromatic heterocycles. The molecule has 1 aromatic carbocycles. The first-order valence-electron chi connectivity index (χ1n) is 8.35. The zero-order valence-corrected chi connectivity index (χ0v) is 16.5. The van der Waals surface area contributed by atoms with Crippen molar-refractivity contribution in [3.05, 3.63) is 71.9 Å². The minimum Gasteiger partial charge on any atom is -0.472 e. The fourth-order valence-electron chi connectivity index (χ4n) is 2.63. The molecule has 0 unspecified atom stereocenters. The van der Waals surface area contributed by atoms with Gasteiger partial charge >= 0.3 is 0 Å². The Labute approximate surface area is 170 Å². The van der Waals surface area contributed by atoms with E-state index in [1.54, 1.807) is 24.9 Å². The van der Waals surface area contributed by atoms with Crippen LogP contribution in [-0.2, 0) is 0 Å². The molecule has 0 spiro atoms. The van der Waals surface area contributed by atoms with Gasteiger partial charge < -0.3 is 14.5 Å². The number of furan rings is 1. The molecule has 0 saturated carbocycles. The van der Waals surface area contributed by atoms with Crippen molar-refractivity contribution in [3.63, 3.8) is 0 Å².